The predicted octanol–water partition coefficient (Wildman–Crippen LogP) is 3.08. The number of carbonyl (C=O) groups is 3. The molecular formula is C17H20O6. The van der Waals surface area contributed by atoms with Crippen LogP contribution in [0.1, 0.15) is 19.4 Å². The smallest absolute Gasteiger partial charge is 0.330 e. The maximum atomic E-state index is 9.86. The summed E-state index contributed by atoms with van der Waals surface area (Å²) in [5.41, 5.74) is 1.56. The Morgan fingerprint density at radius 2 is 1.39 bits per heavy atom. The zero-order valence-electron chi connectivity index (χ0n) is 13.0. The molecule has 0 heterocycles. The molecule has 0 saturated carbocycles. The summed E-state index contributed by atoms with van der Waals surface area (Å²) in [7, 11) is 0. The van der Waals surface area contributed by atoms with Crippen molar-refractivity contribution in [3.8, 4) is 0 Å². The van der Waals surface area contributed by atoms with Gasteiger partial charge in [0.25, 0.3) is 0 Å². The molecule has 0 spiro atoms. The lowest BCUT2D eigenvalue weighted by Crippen LogP contribution is -1.93. The summed E-state index contributed by atoms with van der Waals surface area (Å²) in [6.07, 6.45) is 4.51. The number of hydrogen-bond donors (Lipinski definition) is 3. The van der Waals surface area contributed by atoms with Crippen LogP contribution >= 0.6 is 0 Å². The van der Waals surface area contributed by atoms with Gasteiger partial charge in [0.2, 0.25) is 0 Å². The third kappa shape index (κ3) is 16.8. The molecule has 0 atom stereocenters. The maximum Gasteiger partial charge on any atom is 0.330 e. The van der Waals surface area contributed by atoms with Crippen molar-refractivity contribution in [2.75, 3.05) is 0 Å². The van der Waals surface area contributed by atoms with Gasteiger partial charge >= 0.3 is 17.9 Å². The van der Waals surface area contributed by atoms with E-state index < -0.39 is 17.9 Å². The summed E-state index contributed by atoms with van der Waals surface area (Å²) in [5, 5.41) is 23.7. The van der Waals surface area contributed by atoms with Gasteiger partial charge in [-0.2, -0.15) is 0 Å². The van der Waals surface area contributed by atoms with Crippen LogP contribution in [0, 0.1) is 0 Å². The molecule has 0 aliphatic rings. The quantitative estimate of drug-likeness (QED) is 0.735. The highest BCUT2D eigenvalue weighted by Gasteiger charge is 1.93. The van der Waals surface area contributed by atoms with E-state index in [-0.39, 0.29) is 0 Å². The Morgan fingerprint density at radius 3 is 1.57 bits per heavy atom. The molecular weight excluding hydrogens is 300 g/mol. The fourth-order valence-electron chi connectivity index (χ4n) is 0.855. The average molecular weight is 320 g/mol. The molecule has 23 heavy (non-hydrogen) atoms. The topological polar surface area (TPSA) is 112 Å². The fraction of sp³-hybridized carbons (Fsp3) is 0.118. The summed E-state index contributed by atoms with van der Waals surface area (Å²) in [6.45, 7) is 6.89. The molecule has 1 aromatic carbocycles. The van der Waals surface area contributed by atoms with Gasteiger partial charge in [-0.25, -0.2) is 14.4 Å². The molecule has 3 N–H and O–H groups in total. The van der Waals surface area contributed by atoms with Gasteiger partial charge in [0, 0.05) is 17.7 Å². The zero-order chi connectivity index (χ0) is 18.3. The van der Waals surface area contributed by atoms with Crippen LogP contribution in [0.5, 0.6) is 0 Å². The van der Waals surface area contributed by atoms with Crippen LogP contribution in [0.25, 0.3) is 6.08 Å². The zero-order valence-corrected chi connectivity index (χ0v) is 13.0. The Morgan fingerprint density at radius 1 is 0.957 bits per heavy atom. The van der Waals surface area contributed by atoms with Crippen LogP contribution < -0.4 is 0 Å². The molecule has 0 aliphatic heterocycles. The van der Waals surface area contributed by atoms with Crippen molar-refractivity contribution < 1.29 is 29.7 Å². The molecule has 1 rings (SSSR count). The van der Waals surface area contributed by atoms with E-state index in [1.807, 2.05) is 36.4 Å². The van der Waals surface area contributed by atoms with Gasteiger partial charge in [0.15, 0.2) is 0 Å². The van der Waals surface area contributed by atoms with Crippen LogP contribution in [-0.2, 0) is 14.4 Å². The van der Waals surface area contributed by atoms with Crippen molar-refractivity contribution in [1.82, 2.24) is 0 Å². The standard InChI is InChI=1S/C8H8.C5H8O2.C4H4O4/c1-2-8-6-4-3-5-7-8;1-3-4(2)5(6)7;5-3(6)1-2-4(7)8/h2-7H,1H2;3H,1-2H3,(H,6,7);1-2H,(H,5,6)(H,7,8). The number of benzene rings is 1. The Labute approximate surface area is 134 Å². The molecule has 6 heteroatoms. The van der Waals surface area contributed by atoms with Crippen molar-refractivity contribution in [3.63, 3.8) is 0 Å². The number of hydrogen-bond acceptors (Lipinski definition) is 3. The van der Waals surface area contributed by atoms with E-state index >= 15 is 0 Å². The Hall–Kier alpha value is -3.15. The van der Waals surface area contributed by atoms with E-state index in [0.29, 0.717) is 17.7 Å². The van der Waals surface area contributed by atoms with E-state index in [2.05, 4.69) is 6.58 Å². The molecule has 0 aliphatic carbocycles. The van der Waals surface area contributed by atoms with Gasteiger partial charge in [-0.05, 0) is 19.4 Å². The van der Waals surface area contributed by atoms with Gasteiger partial charge in [0.05, 0.1) is 0 Å². The lowest BCUT2D eigenvalue weighted by Gasteiger charge is -1.85. The minimum atomic E-state index is -1.26. The molecule has 0 fully saturated rings. The largest absolute Gasteiger partial charge is 0.478 e. The lowest BCUT2D eigenvalue weighted by atomic mass is 10.2. The second-order valence-corrected chi connectivity index (χ2v) is 3.90. The molecule has 0 saturated heterocycles. The number of carboxylic acids is 3. The molecule has 0 unspecified atom stereocenters. The van der Waals surface area contributed by atoms with Crippen molar-refractivity contribution in [2.45, 2.75) is 13.8 Å². The first kappa shape index (κ1) is 22.1. The average Bonchev–Trinajstić information content (AvgIpc) is 2.54. The molecule has 0 amide bonds. The van der Waals surface area contributed by atoms with Gasteiger partial charge in [-0.3, -0.25) is 0 Å². The summed E-state index contributed by atoms with van der Waals surface area (Å²) >= 11 is 0. The SMILES string of the molecule is C=Cc1ccccc1.CC=C(C)C(=O)O.O=C(O)C=CC(=O)O. The molecule has 0 bridgehead atoms. The lowest BCUT2D eigenvalue weighted by molar-refractivity contribution is -0.134. The molecule has 6 nitrogen and oxygen atoms in total. The second kappa shape index (κ2) is 13.8. The van der Waals surface area contributed by atoms with E-state index in [9.17, 15) is 14.4 Å². The summed E-state index contributed by atoms with van der Waals surface area (Å²) in [6, 6.07) is 10.0. The molecule has 0 aromatic heterocycles. The minimum Gasteiger partial charge on any atom is -0.478 e. The normalized spacial score (nSPS) is 9.74. The van der Waals surface area contributed by atoms with E-state index in [1.165, 1.54) is 5.56 Å². The highest BCUT2D eigenvalue weighted by atomic mass is 16.4. The van der Waals surface area contributed by atoms with Crippen LogP contribution in [0.15, 0.2) is 60.7 Å². The van der Waals surface area contributed by atoms with Crippen molar-refractivity contribution >= 4 is 24.0 Å². The summed E-state index contributed by atoms with van der Waals surface area (Å²) in [5.74, 6) is -3.36. The third-order valence-electron chi connectivity index (χ3n) is 2.17. The monoisotopic (exact) mass is 320 g/mol. The Kier molecular flexibility index (Phi) is 13.3. The van der Waals surface area contributed by atoms with E-state index in [4.69, 9.17) is 15.3 Å². The van der Waals surface area contributed by atoms with Gasteiger partial charge in [-0.1, -0.05) is 49.1 Å². The van der Waals surface area contributed by atoms with E-state index in [0.717, 1.165) is 0 Å². The Balaban J connectivity index is 0. The Bertz CT molecular complexity index is 554. The highest BCUT2D eigenvalue weighted by Crippen LogP contribution is 1.97. The van der Waals surface area contributed by atoms with Crippen LogP contribution in [0.3, 0.4) is 0 Å². The second-order valence-electron chi connectivity index (χ2n) is 3.90. The van der Waals surface area contributed by atoms with Crippen molar-refractivity contribution in [2.24, 2.45) is 0 Å². The third-order valence-corrected chi connectivity index (χ3v) is 2.17. The molecule has 124 valence electrons. The molecule has 1 aromatic rings. The minimum absolute atomic E-state index is 0.389. The number of aliphatic carboxylic acids is 3. The van der Waals surface area contributed by atoms with Gasteiger partial charge in [0.1, 0.15) is 0 Å². The van der Waals surface area contributed by atoms with Crippen LogP contribution in [0.4, 0.5) is 0 Å². The first-order valence-corrected chi connectivity index (χ1v) is 6.42. The number of rotatable bonds is 4. The first-order chi connectivity index (χ1) is 10.7. The van der Waals surface area contributed by atoms with Crippen LogP contribution in [0.2, 0.25) is 0 Å². The summed E-state index contributed by atoms with van der Waals surface area (Å²) in [4.78, 5) is 29.0. The fourth-order valence-corrected chi connectivity index (χ4v) is 0.855. The highest BCUT2D eigenvalue weighted by molar-refractivity contribution is 5.89. The van der Waals surface area contributed by atoms with Crippen molar-refractivity contribution in [3.05, 3.63) is 66.3 Å². The summed E-state index contributed by atoms with van der Waals surface area (Å²) < 4.78 is 0. The predicted molar refractivity (Wildman–Crippen MR) is 88.0 cm³/mol. The molecule has 0 radical (unpaired) electrons. The number of allylic oxidation sites excluding steroid dienone is 1. The maximum absolute atomic E-state index is 9.86. The van der Waals surface area contributed by atoms with E-state index in [1.54, 1.807) is 19.9 Å². The first-order valence-electron chi connectivity index (χ1n) is 6.42. The van der Waals surface area contributed by atoms with Gasteiger partial charge < -0.3 is 15.3 Å². The number of carboxylic acid groups (broad SMARTS) is 3. The van der Waals surface area contributed by atoms with Gasteiger partial charge in [-0.15, -0.1) is 0 Å². The van der Waals surface area contributed by atoms with Crippen molar-refractivity contribution in [1.29, 1.82) is 0 Å². The van der Waals surface area contributed by atoms with Crippen LogP contribution in [-0.4, -0.2) is 33.2 Å².